The van der Waals surface area contributed by atoms with Crippen molar-refractivity contribution in [3.63, 3.8) is 0 Å². The van der Waals surface area contributed by atoms with Crippen LogP contribution in [-0.2, 0) is 4.79 Å². The van der Waals surface area contributed by atoms with E-state index in [-0.39, 0.29) is 0 Å². The average Bonchev–Trinajstić information content (AvgIpc) is 2.20. The Morgan fingerprint density at radius 1 is 1.40 bits per heavy atom. The second-order valence-corrected chi connectivity index (χ2v) is 3.47. The first-order chi connectivity index (χ1) is 6.95. The molecule has 0 heterocycles. The Balaban J connectivity index is 3.06. The molecular weight excluding hydrogens is 199 g/mol. The quantitative estimate of drug-likeness (QED) is 0.802. The molecular formula is C11H13FO3. The van der Waals surface area contributed by atoms with Gasteiger partial charge in [0.1, 0.15) is 6.10 Å². The minimum Gasteiger partial charge on any atom is -0.479 e. The van der Waals surface area contributed by atoms with Crippen molar-refractivity contribution in [1.82, 2.24) is 0 Å². The Morgan fingerprint density at radius 2 is 2.00 bits per heavy atom. The highest BCUT2D eigenvalue weighted by Gasteiger charge is 2.28. The van der Waals surface area contributed by atoms with E-state index in [0.29, 0.717) is 11.1 Å². The van der Waals surface area contributed by atoms with Crippen LogP contribution in [0, 0.1) is 13.8 Å². The lowest BCUT2D eigenvalue weighted by molar-refractivity contribution is -0.147. The monoisotopic (exact) mass is 212 g/mol. The van der Waals surface area contributed by atoms with Gasteiger partial charge in [-0.15, -0.1) is 0 Å². The molecule has 2 atom stereocenters. The minimum absolute atomic E-state index is 0.324. The predicted molar refractivity (Wildman–Crippen MR) is 53.4 cm³/mol. The first-order valence-corrected chi connectivity index (χ1v) is 4.56. The van der Waals surface area contributed by atoms with Gasteiger partial charge in [-0.2, -0.15) is 0 Å². The van der Waals surface area contributed by atoms with E-state index in [1.165, 1.54) is 6.07 Å². The predicted octanol–water partition coefficient (Wildman–Crippen LogP) is 1.76. The van der Waals surface area contributed by atoms with Crippen LogP contribution in [0.3, 0.4) is 0 Å². The molecule has 1 aromatic rings. The molecule has 0 radical (unpaired) electrons. The van der Waals surface area contributed by atoms with E-state index in [1.54, 1.807) is 13.0 Å². The highest BCUT2D eigenvalue weighted by Crippen LogP contribution is 2.24. The van der Waals surface area contributed by atoms with Crippen molar-refractivity contribution in [1.29, 1.82) is 0 Å². The highest BCUT2D eigenvalue weighted by atomic mass is 19.1. The lowest BCUT2D eigenvalue weighted by Crippen LogP contribution is -2.23. The van der Waals surface area contributed by atoms with E-state index in [1.807, 2.05) is 13.0 Å². The van der Waals surface area contributed by atoms with E-state index in [4.69, 9.17) is 5.11 Å². The molecule has 4 heteroatoms. The molecule has 0 fully saturated rings. The van der Waals surface area contributed by atoms with Crippen LogP contribution in [0.25, 0.3) is 0 Å². The number of aliphatic carboxylic acids is 1. The summed E-state index contributed by atoms with van der Waals surface area (Å²) in [5.41, 5.74) is 1.93. The zero-order chi connectivity index (χ0) is 11.6. The second-order valence-electron chi connectivity index (χ2n) is 3.47. The number of alkyl halides is 1. The third-order valence-corrected chi connectivity index (χ3v) is 2.48. The van der Waals surface area contributed by atoms with E-state index >= 15 is 0 Å². The molecule has 0 aliphatic heterocycles. The van der Waals surface area contributed by atoms with Gasteiger partial charge in [-0.05, 0) is 30.5 Å². The first kappa shape index (κ1) is 11.7. The summed E-state index contributed by atoms with van der Waals surface area (Å²) in [5, 5.41) is 17.9. The van der Waals surface area contributed by atoms with Crippen molar-refractivity contribution < 1.29 is 19.4 Å². The minimum atomic E-state index is -2.29. The van der Waals surface area contributed by atoms with Crippen molar-refractivity contribution in [2.24, 2.45) is 0 Å². The lowest BCUT2D eigenvalue weighted by Gasteiger charge is -2.16. The number of hydrogen-bond donors (Lipinski definition) is 2. The van der Waals surface area contributed by atoms with E-state index < -0.39 is 18.2 Å². The van der Waals surface area contributed by atoms with E-state index in [9.17, 15) is 14.3 Å². The molecule has 0 bridgehead atoms. The van der Waals surface area contributed by atoms with Crippen LogP contribution in [0.4, 0.5) is 4.39 Å². The van der Waals surface area contributed by atoms with Gasteiger partial charge in [0, 0.05) is 0 Å². The summed E-state index contributed by atoms with van der Waals surface area (Å²) in [6.07, 6.45) is -3.90. The SMILES string of the molecule is Cc1cccc(C(O)C(F)C(=O)O)c1C. The number of carboxylic acids is 1. The summed E-state index contributed by atoms with van der Waals surface area (Å²) in [7, 11) is 0. The Morgan fingerprint density at radius 3 is 2.53 bits per heavy atom. The Bertz CT molecular complexity index is 376. The molecule has 0 aromatic heterocycles. The van der Waals surface area contributed by atoms with Gasteiger partial charge in [-0.1, -0.05) is 18.2 Å². The molecule has 2 unspecified atom stereocenters. The molecule has 2 N–H and O–H groups in total. The van der Waals surface area contributed by atoms with Crippen molar-refractivity contribution in [2.75, 3.05) is 0 Å². The fourth-order valence-corrected chi connectivity index (χ4v) is 1.39. The smallest absolute Gasteiger partial charge is 0.341 e. The number of carbonyl (C=O) groups is 1. The number of benzene rings is 1. The standard InChI is InChI=1S/C11H13FO3/c1-6-4-3-5-8(7(6)2)10(13)9(12)11(14)15/h3-5,9-10,13H,1-2H3,(H,14,15). The van der Waals surface area contributed by atoms with Crippen LogP contribution in [0.5, 0.6) is 0 Å². The number of aliphatic hydroxyl groups excluding tert-OH is 1. The number of halogens is 1. The van der Waals surface area contributed by atoms with E-state index in [2.05, 4.69) is 0 Å². The number of rotatable bonds is 3. The maximum atomic E-state index is 13.1. The van der Waals surface area contributed by atoms with Gasteiger partial charge in [0.2, 0.25) is 6.17 Å². The van der Waals surface area contributed by atoms with Crippen LogP contribution in [0.1, 0.15) is 22.8 Å². The maximum Gasteiger partial charge on any atom is 0.341 e. The van der Waals surface area contributed by atoms with Gasteiger partial charge in [-0.25, -0.2) is 9.18 Å². The topological polar surface area (TPSA) is 57.5 Å². The van der Waals surface area contributed by atoms with Crippen LogP contribution in [0.2, 0.25) is 0 Å². The molecule has 0 aliphatic rings. The van der Waals surface area contributed by atoms with Gasteiger partial charge in [0.25, 0.3) is 0 Å². The second kappa shape index (κ2) is 4.40. The highest BCUT2D eigenvalue weighted by molar-refractivity contribution is 5.73. The number of hydrogen-bond acceptors (Lipinski definition) is 2. The van der Waals surface area contributed by atoms with Crippen LogP contribution < -0.4 is 0 Å². The first-order valence-electron chi connectivity index (χ1n) is 4.56. The van der Waals surface area contributed by atoms with Crippen molar-refractivity contribution in [3.8, 4) is 0 Å². The van der Waals surface area contributed by atoms with Crippen molar-refractivity contribution >= 4 is 5.97 Å². The summed E-state index contributed by atoms with van der Waals surface area (Å²) >= 11 is 0. The van der Waals surface area contributed by atoms with Gasteiger partial charge in [-0.3, -0.25) is 0 Å². The molecule has 0 saturated heterocycles. The van der Waals surface area contributed by atoms with E-state index in [0.717, 1.165) is 5.56 Å². The fraction of sp³-hybridized carbons (Fsp3) is 0.364. The number of carboxylic acid groups (broad SMARTS) is 1. The molecule has 0 amide bonds. The van der Waals surface area contributed by atoms with Crippen molar-refractivity contribution in [2.45, 2.75) is 26.1 Å². The van der Waals surface area contributed by atoms with Crippen LogP contribution >= 0.6 is 0 Å². The summed E-state index contributed by atoms with van der Waals surface area (Å²) in [6, 6.07) is 5.01. The Labute approximate surface area is 87.2 Å². The van der Waals surface area contributed by atoms with Crippen LogP contribution in [0.15, 0.2) is 18.2 Å². The molecule has 1 aromatic carbocycles. The van der Waals surface area contributed by atoms with Crippen LogP contribution in [-0.4, -0.2) is 22.4 Å². The number of aliphatic hydroxyl groups is 1. The lowest BCUT2D eigenvalue weighted by atomic mass is 9.97. The summed E-state index contributed by atoms with van der Waals surface area (Å²) in [5.74, 6) is -1.65. The average molecular weight is 212 g/mol. The van der Waals surface area contributed by atoms with Gasteiger partial charge < -0.3 is 10.2 Å². The summed E-state index contributed by atoms with van der Waals surface area (Å²) in [6.45, 7) is 3.54. The third kappa shape index (κ3) is 2.33. The zero-order valence-corrected chi connectivity index (χ0v) is 8.57. The molecule has 0 saturated carbocycles. The summed E-state index contributed by atoms with van der Waals surface area (Å²) in [4.78, 5) is 10.4. The normalized spacial score (nSPS) is 14.7. The molecule has 0 aliphatic carbocycles. The third-order valence-electron chi connectivity index (χ3n) is 2.48. The molecule has 82 valence electrons. The maximum absolute atomic E-state index is 13.1. The van der Waals surface area contributed by atoms with Gasteiger partial charge in [0.15, 0.2) is 0 Å². The van der Waals surface area contributed by atoms with Gasteiger partial charge in [0.05, 0.1) is 0 Å². The van der Waals surface area contributed by atoms with Gasteiger partial charge >= 0.3 is 5.97 Å². The number of aryl methyl sites for hydroxylation is 1. The molecule has 0 spiro atoms. The Kier molecular flexibility index (Phi) is 3.42. The largest absolute Gasteiger partial charge is 0.479 e. The summed E-state index contributed by atoms with van der Waals surface area (Å²) < 4.78 is 13.1. The Hall–Kier alpha value is -1.42. The zero-order valence-electron chi connectivity index (χ0n) is 8.57. The fourth-order valence-electron chi connectivity index (χ4n) is 1.39. The molecule has 15 heavy (non-hydrogen) atoms. The molecule has 1 rings (SSSR count). The molecule has 3 nitrogen and oxygen atoms in total. The van der Waals surface area contributed by atoms with Crippen molar-refractivity contribution in [3.05, 3.63) is 34.9 Å².